The van der Waals surface area contributed by atoms with Gasteiger partial charge in [0.2, 0.25) is 0 Å². The number of piperidine rings is 1. The van der Waals surface area contributed by atoms with E-state index in [1.165, 1.54) is 12.8 Å². The van der Waals surface area contributed by atoms with Crippen LogP contribution in [0.1, 0.15) is 36.2 Å². The highest BCUT2D eigenvalue weighted by atomic mass is 35.5. The summed E-state index contributed by atoms with van der Waals surface area (Å²) in [5.74, 6) is 0.422. The Labute approximate surface area is 158 Å². The molecular weight excluding hydrogens is 361 g/mol. The van der Waals surface area contributed by atoms with Crippen LogP contribution in [0.25, 0.3) is 11.3 Å². The van der Waals surface area contributed by atoms with Crippen LogP contribution in [0.3, 0.4) is 0 Å². The fourth-order valence-electron chi connectivity index (χ4n) is 3.85. The number of carbonyl (C=O) groups excluding carboxylic acids is 1. The van der Waals surface area contributed by atoms with Crippen molar-refractivity contribution in [3.05, 3.63) is 41.0 Å². The van der Waals surface area contributed by atoms with Crippen molar-refractivity contribution in [1.29, 1.82) is 0 Å². The Balaban J connectivity index is 0.00000182. The summed E-state index contributed by atoms with van der Waals surface area (Å²) >= 11 is 6.18. The van der Waals surface area contributed by atoms with Gasteiger partial charge >= 0.3 is 0 Å². The van der Waals surface area contributed by atoms with E-state index < -0.39 is 0 Å². The number of fused-ring (bicyclic) bond motifs is 2. The lowest BCUT2D eigenvalue weighted by atomic mass is 9.98. The van der Waals surface area contributed by atoms with E-state index in [-0.39, 0.29) is 24.4 Å². The number of halogens is 2. The van der Waals surface area contributed by atoms with Crippen LogP contribution in [-0.4, -0.2) is 41.1 Å². The second-order valence-corrected chi connectivity index (χ2v) is 7.14. The van der Waals surface area contributed by atoms with Crippen LogP contribution in [0.2, 0.25) is 5.02 Å². The van der Waals surface area contributed by atoms with E-state index in [0.717, 1.165) is 18.4 Å². The Morgan fingerprint density at radius 1 is 1.28 bits per heavy atom. The first-order valence-corrected chi connectivity index (χ1v) is 8.74. The largest absolute Gasteiger partial charge is 0.355 e. The fourth-order valence-corrected chi connectivity index (χ4v) is 4.08. The molecule has 0 radical (unpaired) electrons. The summed E-state index contributed by atoms with van der Waals surface area (Å²) in [6.45, 7) is 0. The molecule has 2 aliphatic rings. The molecule has 0 saturated carbocycles. The van der Waals surface area contributed by atoms with Gasteiger partial charge in [-0.15, -0.1) is 12.4 Å². The molecule has 1 N–H and O–H groups in total. The van der Waals surface area contributed by atoms with Gasteiger partial charge in [0.25, 0.3) is 5.91 Å². The van der Waals surface area contributed by atoms with Gasteiger partial charge in [-0.05, 0) is 37.8 Å². The summed E-state index contributed by atoms with van der Waals surface area (Å²) in [6, 6.07) is 10.4. The molecule has 7 heteroatoms. The maximum atomic E-state index is 12.8. The monoisotopic (exact) mass is 381 g/mol. The Kier molecular flexibility index (Phi) is 5.37. The summed E-state index contributed by atoms with van der Waals surface area (Å²) < 4.78 is 5.35. The first-order valence-electron chi connectivity index (χ1n) is 8.36. The molecule has 3 heterocycles. The van der Waals surface area contributed by atoms with Gasteiger partial charge in [-0.1, -0.05) is 28.9 Å². The normalized spacial score (nSPS) is 24.6. The number of aromatic nitrogens is 1. The molecule has 2 atom stereocenters. The van der Waals surface area contributed by atoms with E-state index >= 15 is 0 Å². The fraction of sp³-hybridized carbons (Fsp3) is 0.444. The first-order chi connectivity index (χ1) is 11.6. The Hall–Kier alpha value is -1.56. The van der Waals surface area contributed by atoms with Crippen molar-refractivity contribution in [2.24, 2.45) is 0 Å². The molecule has 2 aromatic rings. The number of rotatable bonds is 3. The number of hydrogen-bond acceptors (Lipinski definition) is 4. The van der Waals surface area contributed by atoms with Crippen molar-refractivity contribution in [3.8, 4) is 11.3 Å². The average molecular weight is 382 g/mol. The van der Waals surface area contributed by atoms with Crippen LogP contribution in [-0.2, 0) is 0 Å². The molecule has 2 saturated heterocycles. The number of nitrogens with one attached hydrogen (secondary N) is 1. The molecule has 1 aromatic carbocycles. The molecule has 2 unspecified atom stereocenters. The second kappa shape index (κ2) is 7.36. The van der Waals surface area contributed by atoms with Crippen LogP contribution in [0.4, 0.5) is 0 Å². The van der Waals surface area contributed by atoms with Crippen LogP contribution in [0.5, 0.6) is 0 Å². The van der Waals surface area contributed by atoms with E-state index in [0.29, 0.717) is 28.6 Å². The van der Waals surface area contributed by atoms with E-state index in [9.17, 15) is 4.79 Å². The van der Waals surface area contributed by atoms with E-state index in [2.05, 4.69) is 10.5 Å². The van der Waals surface area contributed by atoms with Crippen LogP contribution in [0, 0.1) is 0 Å². The summed E-state index contributed by atoms with van der Waals surface area (Å²) in [5, 5.41) is 8.14. The van der Waals surface area contributed by atoms with Crippen molar-refractivity contribution in [2.75, 3.05) is 7.05 Å². The predicted octanol–water partition coefficient (Wildman–Crippen LogP) is 3.77. The molecule has 2 fully saturated rings. The lowest BCUT2D eigenvalue weighted by molar-refractivity contribution is 0.0671. The molecule has 1 aromatic heterocycles. The number of nitrogens with zero attached hydrogens (tertiary/aromatic N) is 2. The van der Waals surface area contributed by atoms with Gasteiger partial charge in [0.05, 0.1) is 5.02 Å². The van der Waals surface area contributed by atoms with Gasteiger partial charge in [0, 0.05) is 36.8 Å². The highest BCUT2D eigenvalue weighted by Crippen LogP contribution is 2.31. The third-order valence-electron chi connectivity index (χ3n) is 5.18. The molecule has 0 spiro atoms. The first kappa shape index (κ1) is 18.2. The van der Waals surface area contributed by atoms with Crippen molar-refractivity contribution in [1.82, 2.24) is 15.4 Å². The SMILES string of the molecule is CN(C(=O)c1cc(-c2ccccc2Cl)on1)C1CC2CCC(C1)N2.Cl. The van der Waals surface area contributed by atoms with Crippen molar-refractivity contribution in [3.63, 3.8) is 0 Å². The topological polar surface area (TPSA) is 58.4 Å². The van der Waals surface area contributed by atoms with Crippen molar-refractivity contribution >= 4 is 29.9 Å². The summed E-state index contributed by atoms with van der Waals surface area (Å²) in [5.41, 5.74) is 1.08. The minimum atomic E-state index is -0.0941. The molecule has 0 aliphatic carbocycles. The van der Waals surface area contributed by atoms with Gasteiger partial charge < -0.3 is 14.7 Å². The lowest BCUT2D eigenvalue weighted by Gasteiger charge is -2.35. The predicted molar refractivity (Wildman–Crippen MR) is 99.3 cm³/mol. The third-order valence-corrected chi connectivity index (χ3v) is 5.51. The standard InChI is InChI=1S/C18H20ClN3O2.ClH/c1-22(13-8-11-6-7-12(9-13)20-11)18(23)16-10-17(24-21-16)14-4-2-3-5-15(14)19;/h2-5,10-13,20H,6-9H2,1H3;1H. The Morgan fingerprint density at radius 3 is 2.64 bits per heavy atom. The van der Waals surface area contributed by atoms with Crippen molar-refractivity contribution in [2.45, 2.75) is 43.8 Å². The zero-order chi connectivity index (χ0) is 16.7. The zero-order valence-corrected chi connectivity index (χ0v) is 15.5. The quantitative estimate of drug-likeness (QED) is 0.878. The maximum absolute atomic E-state index is 12.8. The minimum absolute atomic E-state index is 0. The maximum Gasteiger partial charge on any atom is 0.276 e. The number of hydrogen-bond donors (Lipinski definition) is 1. The molecule has 25 heavy (non-hydrogen) atoms. The van der Waals surface area contributed by atoms with E-state index in [4.69, 9.17) is 16.1 Å². The summed E-state index contributed by atoms with van der Waals surface area (Å²) in [4.78, 5) is 14.6. The molecule has 4 rings (SSSR count). The van der Waals surface area contributed by atoms with Crippen molar-refractivity contribution < 1.29 is 9.32 Å². The highest BCUT2D eigenvalue weighted by molar-refractivity contribution is 6.33. The van der Waals surface area contributed by atoms with Gasteiger partial charge in [0.15, 0.2) is 11.5 Å². The summed E-state index contributed by atoms with van der Waals surface area (Å²) in [7, 11) is 1.86. The number of benzene rings is 1. The molecule has 134 valence electrons. The van der Waals surface area contributed by atoms with Crippen LogP contribution in [0.15, 0.2) is 34.9 Å². The second-order valence-electron chi connectivity index (χ2n) is 6.74. The Morgan fingerprint density at radius 2 is 1.96 bits per heavy atom. The molecule has 2 aliphatic heterocycles. The lowest BCUT2D eigenvalue weighted by Crippen LogP contribution is -2.48. The smallest absolute Gasteiger partial charge is 0.276 e. The van der Waals surface area contributed by atoms with Crippen LogP contribution >= 0.6 is 24.0 Å². The molecular formula is C18H21Cl2N3O2. The summed E-state index contributed by atoms with van der Waals surface area (Å²) in [6.07, 6.45) is 4.44. The van der Waals surface area contributed by atoms with Gasteiger partial charge in [-0.3, -0.25) is 4.79 Å². The zero-order valence-electron chi connectivity index (χ0n) is 13.9. The average Bonchev–Trinajstić information content (AvgIpc) is 3.20. The molecule has 1 amide bonds. The Bertz CT molecular complexity index is 752. The molecule has 2 bridgehead atoms. The van der Waals surface area contributed by atoms with Gasteiger partial charge in [-0.2, -0.15) is 0 Å². The number of amides is 1. The highest BCUT2D eigenvalue weighted by Gasteiger charge is 2.37. The van der Waals surface area contributed by atoms with Gasteiger partial charge in [-0.25, -0.2) is 0 Å². The van der Waals surface area contributed by atoms with Gasteiger partial charge in [0.1, 0.15) is 0 Å². The molecule has 5 nitrogen and oxygen atoms in total. The number of carbonyl (C=O) groups is 1. The van der Waals surface area contributed by atoms with E-state index in [1.807, 2.05) is 30.1 Å². The van der Waals surface area contributed by atoms with Crippen LogP contribution < -0.4 is 5.32 Å². The third kappa shape index (κ3) is 3.54. The van der Waals surface area contributed by atoms with E-state index in [1.54, 1.807) is 12.1 Å². The minimum Gasteiger partial charge on any atom is -0.355 e.